The smallest absolute Gasteiger partial charge is 0.0828 e. The van der Waals surface area contributed by atoms with Gasteiger partial charge in [0.05, 0.1) is 5.54 Å². The lowest BCUT2D eigenvalue weighted by Crippen LogP contribution is -2.30. The molecule has 1 atom stereocenters. The van der Waals surface area contributed by atoms with E-state index in [4.69, 9.17) is 0 Å². The highest BCUT2D eigenvalue weighted by molar-refractivity contribution is 5.68. The van der Waals surface area contributed by atoms with E-state index in [0.717, 1.165) is 6.42 Å². The van der Waals surface area contributed by atoms with Crippen LogP contribution in [-0.4, -0.2) is 11.8 Å². The monoisotopic (exact) mass is 109 g/mol. The van der Waals surface area contributed by atoms with Crippen molar-refractivity contribution in [3.05, 3.63) is 12.2 Å². The zero-order valence-electron chi connectivity index (χ0n) is 5.44. The van der Waals surface area contributed by atoms with Gasteiger partial charge in [-0.1, -0.05) is 12.2 Å². The summed E-state index contributed by atoms with van der Waals surface area (Å²) in [4.78, 5) is 4.18. The van der Waals surface area contributed by atoms with Crippen molar-refractivity contribution in [1.82, 2.24) is 0 Å². The van der Waals surface area contributed by atoms with Crippen molar-refractivity contribution in [2.75, 3.05) is 0 Å². The summed E-state index contributed by atoms with van der Waals surface area (Å²) in [5, 5.41) is 0. The van der Waals surface area contributed by atoms with E-state index in [1.807, 2.05) is 13.1 Å². The van der Waals surface area contributed by atoms with E-state index in [2.05, 4.69) is 18.5 Å². The lowest BCUT2D eigenvalue weighted by atomic mass is 9.87. The van der Waals surface area contributed by atoms with Crippen molar-refractivity contribution >= 4 is 6.21 Å². The second-order valence-electron chi connectivity index (χ2n) is 2.57. The van der Waals surface area contributed by atoms with E-state index in [1.54, 1.807) is 0 Å². The summed E-state index contributed by atoms with van der Waals surface area (Å²) in [6.45, 7) is 7.97. The van der Waals surface area contributed by atoms with Crippen LogP contribution in [0.25, 0.3) is 0 Å². The van der Waals surface area contributed by atoms with Gasteiger partial charge in [0.25, 0.3) is 0 Å². The van der Waals surface area contributed by atoms with Gasteiger partial charge in [-0.05, 0) is 13.8 Å². The van der Waals surface area contributed by atoms with Crippen molar-refractivity contribution in [2.24, 2.45) is 4.99 Å². The number of rotatable bonds is 1. The van der Waals surface area contributed by atoms with Gasteiger partial charge in [-0.15, -0.1) is 0 Å². The molecule has 1 heterocycles. The Morgan fingerprint density at radius 3 is 2.38 bits per heavy atom. The van der Waals surface area contributed by atoms with Crippen molar-refractivity contribution in [2.45, 2.75) is 25.8 Å². The van der Waals surface area contributed by atoms with Crippen LogP contribution in [0.2, 0.25) is 0 Å². The number of hydrogen-bond acceptors (Lipinski definition) is 1. The Bertz CT molecular complexity index is 146. The Labute approximate surface area is 50.1 Å². The molecular formula is C7H11N. The third-order valence-corrected chi connectivity index (χ3v) is 1.78. The topological polar surface area (TPSA) is 12.4 Å². The molecule has 0 radical (unpaired) electrons. The molecule has 0 saturated heterocycles. The Kier molecular flexibility index (Phi) is 0.999. The molecule has 0 fully saturated rings. The number of aliphatic imine (C=N–C) groups is 1. The molecule has 44 valence electrons. The van der Waals surface area contributed by atoms with Gasteiger partial charge in [-0.2, -0.15) is 0 Å². The van der Waals surface area contributed by atoms with Crippen molar-refractivity contribution in [3.63, 3.8) is 0 Å². The Balaban J connectivity index is 2.70. The third kappa shape index (κ3) is 0.585. The molecule has 0 saturated carbocycles. The minimum Gasteiger partial charge on any atom is -0.286 e. The minimum atomic E-state index is 0.0972. The first-order valence-electron chi connectivity index (χ1n) is 2.85. The van der Waals surface area contributed by atoms with Gasteiger partial charge >= 0.3 is 0 Å². The second-order valence-corrected chi connectivity index (χ2v) is 2.57. The fraction of sp³-hybridized carbons (Fsp3) is 0.571. The summed E-state index contributed by atoms with van der Waals surface area (Å²) in [7, 11) is 0. The van der Waals surface area contributed by atoms with Crippen LogP contribution >= 0.6 is 0 Å². The molecule has 0 amide bonds. The minimum absolute atomic E-state index is 0.0972. The van der Waals surface area contributed by atoms with E-state index < -0.39 is 0 Å². The zero-order valence-corrected chi connectivity index (χ0v) is 5.44. The molecule has 1 aliphatic heterocycles. The first-order chi connectivity index (χ1) is 3.65. The average molecular weight is 109 g/mol. The first-order valence-corrected chi connectivity index (χ1v) is 2.85. The molecular weight excluding hydrogens is 98.1 g/mol. The van der Waals surface area contributed by atoms with Crippen molar-refractivity contribution < 1.29 is 0 Å². The van der Waals surface area contributed by atoms with Crippen LogP contribution < -0.4 is 0 Å². The van der Waals surface area contributed by atoms with Gasteiger partial charge in [0, 0.05) is 12.6 Å². The number of hydrogen-bond donors (Lipinski definition) is 0. The molecule has 1 aliphatic rings. The van der Waals surface area contributed by atoms with Gasteiger partial charge in [0.15, 0.2) is 0 Å². The van der Waals surface area contributed by atoms with Crippen LogP contribution in [0.15, 0.2) is 17.1 Å². The molecule has 0 aromatic rings. The largest absolute Gasteiger partial charge is 0.286 e. The Morgan fingerprint density at radius 2 is 2.38 bits per heavy atom. The fourth-order valence-electron chi connectivity index (χ4n) is 0.650. The normalized spacial score (nSPS) is 34.2. The van der Waals surface area contributed by atoms with Gasteiger partial charge in [-0.3, -0.25) is 4.99 Å². The standard InChI is InChI=1S/C7H11N/c1-6(2)7(3)4-5-8-7/h5H,1,4H2,2-3H3. The molecule has 8 heavy (non-hydrogen) atoms. The van der Waals surface area contributed by atoms with E-state index in [0.29, 0.717) is 0 Å². The molecule has 0 spiro atoms. The molecule has 0 aromatic carbocycles. The maximum atomic E-state index is 4.18. The zero-order chi connectivity index (χ0) is 6.20. The van der Waals surface area contributed by atoms with Crippen LogP contribution in [0.5, 0.6) is 0 Å². The van der Waals surface area contributed by atoms with Crippen LogP contribution in [0.1, 0.15) is 20.3 Å². The van der Waals surface area contributed by atoms with Gasteiger partial charge in [-0.25, -0.2) is 0 Å². The maximum Gasteiger partial charge on any atom is 0.0828 e. The molecule has 1 rings (SSSR count). The molecule has 0 aromatic heterocycles. The van der Waals surface area contributed by atoms with Gasteiger partial charge in [0.2, 0.25) is 0 Å². The van der Waals surface area contributed by atoms with Gasteiger partial charge < -0.3 is 0 Å². The molecule has 0 bridgehead atoms. The Hall–Kier alpha value is -0.590. The van der Waals surface area contributed by atoms with Crippen LogP contribution in [0.4, 0.5) is 0 Å². The maximum absolute atomic E-state index is 4.18. The SMILES string of the molecule is C=C(C)C1(C)CC=N1. The summed E-state index contributed by atoms with van der Waals surface area (Å²) in [5.41, 5.74) is 1.26. The lowest BCUT2D eigenvalue weighted by molar-refractivity contribution is 0.539. The Morgan fingerprint density at radius 1 is 1.88 bits per heavy atom. The van der Waals surface area contributed by atoms with E-state index in [9.17, 15) is 0 Å². The second kappa shape index (κ2) is 1.44. The van der Waals surface area contributed by atoms with Crippen LogP contribution in [-0.2, 0) is 0 Å². The van der Waals surface area contributed by atoms with E-state index >= 15 is 0 Å². The van der Waals surface area contributed by atoms with Crippen LogP contribution in [0.3, 0.4) is 0 Å². The molecule has 0 N–H and O–H groups in total. The van der Waals surface area contributed by atoms with E-state index in [1.165, 1.54) is 5.57 Å². The van der Waals surface area contributed by atoms with Crippen LogP contribution in [0, 0.1) is 0 Å². The molecule has 1 unspecified atom stereocenters. The highest BCUT2D eigenvalue weighted by atomic mass is 14.9. The number of nitrogens with zero attached hydrogens (tertiary/aromatic N) is 1. The third-order valence-electron chi connectivity index (χ3n) is 1.78. The molecule has 1 nitrogen and oxygen atoms in total. The quantitative estimate of drug-likeness (QED) is 0.455. The summed E-state index contributed by atoms with van der Waals surface area (Å²) in [5.74, 6) is 0. The average Bonchev–Trinajstić information content (AvgIpc) is 1.60. The van der Waals surface area contributed by atoms with Crippen molar-refractivity contribution in [1.29, 1.82) is 0 Å². The van der Waals surface area contributed by atoms with E-state index in [-0.39, 0.29) is 5.54 Å². The lowest BCUT2D eigenvalue weighted by Gasteiger charge is -2.30. The summed E-state index contributed by atoms with van der Waals surface area (Å²) in [6.07, 6.45) is 3.01. The summed E-state index contributed by atoms with van der Waals surface area (Å²) >= 11 is 0. The predicted molar refractivity (Wildman–Crippen MR) is 36.3 cm³/mol. The molecule has 1 heteroatoms. The fourth-order valence-corrected chi connectivity index (χ4v) is 0.650. The summed E-state index contributed by atoms with van der Waals surface area (Å²) in [6, 6.07) is 0. The predicted octanol–water partition coefficient (Wildman–Crippen LogP) is 1.80. The summed E-state index contributed by atoms with van der Waals surface area (Å²) < 4.78 is 0. The highest BCUT2D eigenvalue weighted by Gasteiger charge is 2.27. The van der Waals surface area contributed by atoms with Gasteiger partial charge in [0.1, 0.15) is 0 Å². The van der Waals surface area contributed by atoms with Crippen molar-refractivity contribution in [3.8, 4) is 0 Å². The highest BCUT2D eigenvalue weighted by Crippen LogP contribution is 2.28. The molecule has 0 aliphatic carbocycles. The first kappa shape index (κ1) is 5.54.